The standard InChI is InChI=1S/C18H30N2O/c1-4-6-7-10-14-20(13-5-2)15-18(21)19-17-12-9-8-11-16(17)3/h8-9,11-12H,4-7,10,13-15H2,1-3H3,(H,19,21). The number of amides is 1. The smallest absolute Gasteiger partial charge is 0.238 e. The topological polar surface area (TPSA) is 32.3 Å². The molecule has 0 spiro atoms. The van der Waals surface area contributed by atoms with Crippen LogP contribution in [-0.4, -0.2) is 30.4 Å². The van der Waals surface area contributed by atoms with E-state index in [2.05, 4.69) is 24.1 Å². The number of unbranched alkanes of at least 4 members (excludes halogenated alkanes) is 3. The van der Waals surface area contributed by atoms with Gasteiger partial charge in [-0.05, 0) is 44.5 Å². The number of nitrogens with one attached hydrogen (secondary N) is 1. The van der Waals surface area contributed by atoms with Crippen molar-refractivity contribution in [2.45, 2.75) is 52.9 Å². The maximum atomic E-state index is 12.2. The van der Waals surface area contributed by atoms with E-state index >= 15 is 0 Å². The Morgan fingerprint density at radius 1 is 1.05 bits per heavy atom. The summed E-state index contributed by atoms with van der Waals surface area (Å²) in [7, 11) is 0. The Kier molecular flexibility index (Phi) is 8.76. The third-order valence-electron chi connectivity index (χ3n) is 3.65. The van der Waals surface area contributed by atoms with Crippen molar-refractivity contribution >= 4 is 11.6 Å². The van der Waals surface area contributed by atoms with Gasteiger partial charge in [-0.1, -0.05) is 51.3 Å². The monoisotopic (exact) mass is 290 g/mol. The first kappa shape index (κ1) is 17.7. The second-order valence-corrected chi connectivity index (χ2v) is 5.70. The molecule has 0 bridgehead atoms. The lowest BCUT2D eigenvalue weighted by Gasteiger charge is -2.21. The molecule has 0 saturated carbocycles. The molecule has 118 valence electrons. The van der Waals surface area contributed by atoms with Gasteiger partial charge in [0.15, 0.2) is 0 Å². The predicted molar refractivity (Wildman–Crippen MR) is 90.7 cm³/mol. The van der Waals surface area contributed by atoms with E-state index in [4.69, 9.17) is 0 Å². The number of para-hydroxylation sites is 1. The van der Waals surface area contributed by atoms with Crippen molar-refractivity contribution in [3.8, 4) is 0 Å². The first-order valence-corrected chi connectivity index (χ1v) is 8.25. The predicted octanol–water partition coefficient (Wildman–Crippen LogP) is 4.23. The second kappa shape index (κ2) is 10.4. The molecule has 1 aromatic rings. The van der Waals surface area contributed by atoms with E-state index in [1.54, 1.807) is 0 Å². The van der Waals surface area contributed by atoms with Crippen LogP contribution in [0.3, 0.4) is 0 Å². The molecule has 1 N–H and O–H groups in total. The van der Waals surface area contributed by atoms with E-state index in [0.29, 0.717) is 6.54 Å². The molecule has 0 fully saturated rings. The minimum Gasteiger partial charge on any atom is -0.325 e. The maximum absolute atomic E-state index is 12.2. The van der Waals surface area contributed by atoms with E-state index in [0.717, 1.165) is 30.8 Å². The van der Waals surface area contributed by atoms with Gasteiger partial charge in [-0.3, -0.25) is 9.69 Å². The molecule has 0 atom stereocenters. The zero-order valence-corrected chi connectivity index (χ0v) is 13.8. The molecule has 3 heteroatoms. The number of benzene rings is 1. The summed E-state index contributed by atoms with van der Waals surface area (Å²) in [5, 5.41) is 3.02. The first-order valence-electron chi connectivity index (χ1n) is 8.25. The van der Waals surface area contributed by atoms with Gasteiger partial charge in [0.2, 0.25) is 5.91 Å². The summed E-state index contributed by atoms with van der Waals surface area (Å²) < 4.78 is 0. The van der Waals surface area contributed by atoms with Crippen LogP contribution in [0.1, 0.15) is 51.5 Å². The number of carbonyl (C=O) groups excluding carboxylic acids is 1. The summed E-state index contributed by atoms with van der Waals surface area (Å²) in [5.74, 6) is 0.0910. The van der Waals surface area contributed by atoms with E-state index in [1.807, 2.05) is 31.2 Å². The summed E-state index contributed by atoms with van der Waals surface area (Å²) in [6.45, 7) is 8.92. The average molecular weight is 290 g/mol. The molecule has 0 radical (unpaired) electrons. The minimum atomic E-state index is 0.0910. The molecule has 0 aromatic heterocycles. The summed E-state index contributed by atoms with van der Waals surface area (Å²) in [4.78, 5) is 14.5. The number of rotatable bonds is 10. The molecule has 0 unspecified atom stereocenters. The number of nitrogens with zero attached hydrogens (tertiary/aromatic N) is 1. The molecule has 0 aliphatic rings. The molecule has 0 aliphatic carbocycles. The molecule has 0 aliphatic heterocycles. The van der Waals surface area contributed by atoms with Crippen LogP contribution in [-0.2, 0) is 4.79 Å². The molecule has 0 saturated heterocycles. The fraction of sp³-hybridized carbons (Fsp3) is 0.611. The first-order chi connectivity index (χ1) is 10.2. The van der Waals surface area contributed by atoms with Crippen LogP contribution in [0.15, 0.2) is 24.3 Å². The molecular formula is C18H30N2O. The van der Waals surface area contributed by atoms with Crippen molar-refractivity contribution < 1.29 is 4.79 Å². The Labute approximate surface area is 129 Å². The largest absolute Gasteiger partial charge is 0.325 e. The fourth-order valence-corrected chi connectivity index (χ4v) is 2.45. The molecule has 21 heavy (non-hydrogen) atoms. The molecular weight excluding hydrogens is 260 g/mol. The Bertz CT molecular complexity index is 417. The van der Waals surface area contributed by atoms with Gasteiger partial charge in [-0.25, -0.2) is 0 Å². The van der Waals surface area contributed by atoms with E-state index in [9.17, 15) is 4.79 Å². The van der Waals surface area contributed by atoms with E-state index in [-0.39, 0.29) is 5.91 Å². The maximum Gasteiger partial charge on any atom is 0.238 e. The summed E-state index contributed by atoms with van der Waals surface area (Å²) in [6.07, 6.45) is 6.07. The molecule has 1 rings (SSSR count). The Balaban J connectivity index is 2.42. The van der Waals surface area contributed by atoms with Gasteiger partial charge in [-0.2, -0.15) is 0 Å². The van der Waals surface area contributed by atoms with Gasteiger partial charge >= 0.3 is 0 Å². The molecule has 1 amide bonds. The van der Waals surface area contributed by atoms with Crippen molar-refractivity contribution in [1.82, 2.24) is 4.90 Å². The number of aryl methyl sites for hydroxylation is 1. The number of anilines is 1. The summed E-state index contributed by atoms with van der Waals surface area (Å²) in [5.41, 5.74) is 2.03. The molecule has 3 nitrogen and oxygen atoms in total. The van der Waals surface area contributed by atoms with Gasteiger partial charge in [0.05, 0.1) is 6.54 Å². The fourth-order valence-electron chi connectivity index (χ4n) is 2.45. The van der Waals surface area contributed by atoms with Crippen LogP contribution in [0.2, 0.25) is 0 Å². The number of hydrogen-bond donors (Lipinski definition) is 1. The SMILES string of the molecule is CCCCCCN(CCC)CC(=O)Nc1ccccc1C. The van der Waals surface area contributed by atoms with Crippen LogP contribution >= 0.6 is 0 Å². The highest BCUT2D eigenvalue weighted by Gasteiger charge is 2.10. The van der Waals surface area contributed by atoms with Gasteiger partial charge in [0.1, 0.15) is 0 Å². The van der Waals surface area contributed by atoms with Crippen LogP contribution < -0.4 is 5.32 Å². The van der Waals surface area contributed by atoms with Crippen LogP contribution in [0.25, 0.3) is 0 Å². The van der Waals surface area contributed by atoms with Gasteiger partial charge < -0.3 is 5.32 Å². The zero-order valence-electron chi connectivity index (χ0n) is 13.8. The third-order valence-corrected chi connectivity index (χ3v) is 3.65. The van der Waals surface area contributed by atoms with Crippen molar-refractivity contribution in [1.29, 1.82) is 0 Å². The van der Waals surface area contributed by atoms with Crippen LogP contribution in [0, 0.1) is 6.92 Å². The Morgan fingerprint density at radius 2 is 1.81 bits per heavy atom. The van der Waals surface area contributed by atoms with Crippen LogP contribution in [0.4, 0.5) is 5.69 Å². The van der Waals surface area contributed by atoms with Gasteiger partial charge in [0.25, 0.3) is 0 Å². The Hall–Kier alpha value is -1.35. The molecule has 0 heterocycles. The lowest BCUT2D eigenvalue weighted by atomic mass is 10.2. The van der Waals surface area contributed by atoms with Gasteiger partial charge in [0, 0.05) is 5.69 Å². The number of hydrogen-bond acceptors (Lipinski definition) is 2. The highest BCUT2D eigenvalue weighted by molar-refractivity contribution is 5.92. The van der Waals surface area contributed by atoms with E-state index < -0.39 is 0 Å². The van der Waals surface area contributed by atoms with Crippen LogP contribution in [0.5, 0.6) is 0 Å². The molecule has 1 aromatic carbocycles. The van der Waals surface area contributed by atoms with Gasteiger partial charge in [-0.15, -0.1) is 0 Å². The van der Waals surface area contributed by atoms with Crippen molar-refractivity contribution in [3.05, 3.63) is 29.8 Å². The quantitative estimate of drug-likeness (QED) is 0.654. The minimum absolute atomic E-state index is 0.0910. The van der Waals surface area contributed by atoms with Crippen molar-refractivity contribution in [2.24, 2.45) is 0 Å². The highest BCUT2D eigenvalue weighted by atomic mass is 16.2. The summed E-state index contributed by atoms with van der Waals surface area (Å²) in [6, 6.07) is 7.92. The average Bonchev–Trinajstić information content (AvgIpc) is 2.46. The summed E-state index contributed by atoms with van der Waals surface area (Å²) >= 11 is 0. The third kappa shape index (κ3) is 7.28. The lowest BCUT2D eigenvalue weighted by molar-refractivity contribution is -0.117. The van der Waals surface area contributed by atoms with E-state index in [1.165, 1.54) is 25.7 Å². The van der Waals surface area contributed by atoms with Crippen molar-refractivity contribution in [3.63, 3.8) is 0 Å². The number of carbonyl (C=O) groups is 1. The second-order valence-electron chi connectivity index (χ2n) is 5.70. The van der Waals surface area contributed by atoms with Crippen molar-refractivity contribution in [2.75, 3.05) is 25.0 Å². The zero-order chi connectivity index (χ0) is 15.5. The lowest BCUT2D eigenvalue weighted by Crippen LogP contribution is -2.34. The normalized spacial score (nSPS) is 10.9. The Morgan fingerprint density at radius 3 is 2.48 bits per heavy atom. The highest BCUT2D eigenvalue weighted by Crippen LogP contribution is 2.13.